The van der Waals surface area contributed by atoms with E-state index in [2.05, 4.69) is 4.90 Å². The molecule has 0 aromatic heterocycles. The highest BCUT2D eigenvalue weighted by Gasteiger charge is 2.27. The highest BCUT2D eigenvalue weighted by atomic mass is 35.5. The number of likely N-dealkylation sites (tertiary alicyclic amines) is 1. The number of carbonyl (C=O) groups is 1. The highest BCUT2D eigenvalue weighted by Crippen LogP contribution is 2.27. The minimum Gasteiger partial charge on any atom is -0.339 e. The van der Waals surface area contributed by atoms with Crippen molar-refractivity contribution in [3.05, 3.63) is 0 Å². The Morgan fingerprint density at radius 3 is 2.67 bits per heavy atom. The van der Waals surface area contributed by atoms with Crippen molar-refractivity contribution < 1.29 is 4.79 Å². The van der Waals surface area contributed by atoms with Crippen molar-refractivity contribution in [1.29, 1.82) is 0 Å². The van der Waals surface area contributed by atoms with Crippen molar-refractivity contribution in [2.24, 2.45) is 5.92 Å². The third-order valence-electron chi connectivity index (χ3n) is 4.18. The normalized spacial score (nSPS) is 26.9. The quantitative estimate of drug-likeness (QED) is 0.741. The van der Waals surface area contributed by atoms with Crippen molar-refractivity contribution >= 4 is 29.3 Å². The van der Waals surface area contributed by atoms with Gasteiger partial charge in [-0.05, 0) is 43.1 Å². The van der Waals surface area contributed by atoms with E-state index < -0.39 is 0 Å². The van der Waals surface area contributed by atoms with Gasteiger partial charge in [-0.1, -0.05) is 12.8 Å². The van der Waals surface area contributed by atoms with Crippen molar-refractivity contribution in [3.63, 3.8) is 0 Å². The van der Waals surface area contributed by atoms with Gasteiger partial charge in [0.1, 0.15) is 0 Å². The van der Waals surface area contributed by atoms with Crippen LogP contribution in [0.4, 0.5) is 0 Å². The molecule has 1 amide bonds. The average molecular weight is 290 g/mol. The lowest BCUT2D eigenvalue weighted by Crippen LogP contribution is -2.42. The Balaban J connectivity index is 1.88. The summed E-state index contributed by atoms with van der Waals surface area (Å²) >= 11 is 8.06. The van der Waals surface area contributed by atoms with Crippen LogP contribution in [0.15, 0.2) is 0 Å². The fraction of sp³-hybridized carbons (Fsp3) is 0.929. The van der Waals surface area contributed by atoms with Crippen LogP contribution in [0, 0.1) is 5.92 Å². The number of rotatable bonds is 3. The monoisotopic (exact) mass is 289 g/mol. The first kappa shape index (κ1) is 14.5. The van der Waals surface area contributed by atoms with Crippen LogP contribution in [-0.2, 0) is 4.79 Å². The number of hydrogen-bond donors (Lipinski definition) is 0. The van der Waals surface area contributed by atoms with E-state index >= 15 is 0 Å². The largest absolute Gasteiger partial charge is 0.339 e. The standard InChI is InChI=1S/C14H24ClNOS/c15-11-13-4-2-1-3-7-16(13)14(17)10-12-5-8-18-9-6-12/h12-13H,1-11H2. The van der Waals surface area contributed by atoms with Gasteiger partial charge in [-0.25, -0.2) is 0 Å². The molecule has 18 heavy (non-hydrogen) atoms. The van der Waals surface area contributed by atoms with Crippen molar-refractivity contribution in [2.75, 3.05) is 23.9 Å². The van der Waals surface area contributed by atoms with Gasteiger partial charge in [0.15, 0.2) is 0 Å². The van der Waals surface area contributed by atoms with Crippen molar-refractivity contribution in [1.82, 2.24) is 4.90 Å². The predicted octanol–water partition coefficient (Wildman–Crippen LogP) is 3.53. The molecule has 2 rings (SSSR count). The van der Waals surface area contributed by atoms with Gasteiger partial charge in [0, 0.05) is 24.9 Å². The lowest BCUT2D eigenvalue weighted by molar-refractivity contribution is -0.134. The van der Waals surface area contributed by atoms with E-state index in [0.717, 1.165) is 25.8 Å². The molecular weight excluding hydrogens is 266 g/mol. The van der Waals surface area contributed by atoms with Crippen LogP contribution in [0.1, 0.15) is 44.9 Å². The Labute approximate surface area is 120 Å². The van der Waals surface area contributed by atoms with Crippen molar-refractivity contribution in [3.8, 4) is 0 Å². The smallest absolute Gasteiger partial charge is 0.223 e. The zero-order chi connectivity index (χ0) is 12.8. The lowest BCUT2D eigenvalue weighted by atomic mass is 9.97. The number of carbonyl (C=O) groups excluding carboxylic acids is 1. The molecule has 104 valence electrons. The summed E-state index contributed by atoms with van der Waals surface area (Å²) in [5, 5.41) is 0. The van der Waals surface area contributed by atoms with Gasteiger partial charge in [0.25, 0.3) is 0 Å². The maximum Gasteiger partial charge on any atom is 0.223 e. The fourth-order valence-corrected chi connectivity index (χ4v) is 4.51. The van der Waals surface area contributed by atoms with Crippen LogP contribution >= 0.6 is 23.4 Å². The summed E-state index contributed by atoms with van der Waals surface area (Å²) in [5.74, 6) is 4.05. The second kappa shape index (κ2) is 7.64. The topological polar surface area (TPSA) is 20.3 Å². The summed E-state index contributed by atoms with van der Waals surface area (Å²) in [6.45, 7) is 0.928. The van der Waals surface area contributed by atoms with Crippen LogP contribution in [-0.4, -0.2) is 40.8 Å². The molecule has 1 unspecified atom stereocenters. The molecule has 0 N–H and O–H groups in total. The SMILES string of the molecule is O=C(CC1CCSCC1)N1CCCCCC1CCl. The maximum absolute atomic E-state index is 12.4. The molecule has 2 saturated heterocycles. The third kappa shape index (κ3) is 4.06. The summed E-state index contributed by atoms with van der Waals surface area (Å²) in [5.41, 5.74) is 0. The Kier molecular flexibility index (Phi) is 6.16. The second-order valence-electron chi connectivity index (χ2n) is 5.50. The highest BCUT2D eigenvalue weighted by molar-refractivity contribution is 7.99. The van der Waals surface area contributed by atoms with Gasteiger partial charge >= 0.3 is 0 Å². The van der Waals surface area contributed by atoms with E-state index in [-0.39, 0.29) is 0 Å². The molecule has 1 atom stereocenters. The molecule has 0 aromatic carbocycles. The number of nitrogens with zero attached hydrogens (tertiary/aromatic N) is 1. The van der Waals surface area contributed by atoms with E-state index in [4.69, 9.17) is 11.6 Å². The van der Waals surface area contributed by atoms with Gasteiger partial charge in [-0.2, -0.15) is 11.8 Å². The number of halogens is 1. The minimum atomic E-state index is 0.291. The van der Waals surface area contributed by atoms with Gasteiger partial charge in [0.2, 0.25) is 5.91 Å². The summed E-state index contributed by atoms with van der Waals surface area (Å²) < 4.78 is 0. The molecule has 2 nitrogen and oxygen atoms in total. The number of hydrogen-bond acceptors (Lipinski definition) is 2. The predicted molar refractivity (Wildman–Crippen MR) is 79.4 cm³/mol. The Hall–Kier alpha value is 0.110. The molecule has 0 radical (unpaired) electrons. The first-order chi connectivity index (χ1) is 8.81. The molecule has 0 saturated carbocycles. The van der Waals surface area contributed by atoms with Gasteiger partial charge in [0.05, 0.1) is 0 Å². The third-order valence-corrected chi connectivity index (χ3v) is 5.58. The molecule has 2 fully saturated rings. The first-order valence-corrected chi connectivity index (χ1v) is 8.93. The Bertz CT molecular complexity index is 269. The molecule has 0 bridgehead atoms. The second-order valence-corrected chi connectivity index (χ2v) is 7.04. The van der Waals surface area contributed by atoms with E-state index in [1.807, 2.05) is 11.8 Å². The van der Waals surface area contributed by atoms with Crippen LogP contribution in [0.5, 0.6) is 0 Å². The Morgan fingerprint density at radius 2 is 1.94 bits per heavy atom. The molecule has 0 spiro atoms. The molecular formula is C14H24ClNOS. The zero-order valence-corrected chi connectivity index (χ0v) is 12.6. The molecule has 0 aromatic rings. The van der Waals surface area contributed by atoms with Gasteiger partial charge < -0.3 is 4.90 Å². The van der Waals surface area contributed by atoms with E-state index in [9.17, 15) is 4.79 Å². The van der Waals surface area contributed by atoms with E-state index in [0.29, 0.717) is 23.7 Å². The summed E-state index contributed by atoms with van der Waals surface area (Å²) in [7, 11) is 0. The van der Waals surface area contributed by atoms with E-state index in [1.54, 1.807) is 0 Å². The molecule has 2 aliphatic heterocycles. The van der Waals surface area contributed by atoms with Gasteiger partial charge in [-0.15, -0.1) is 11.6 Å². The molecule has 4 heteroatoms. The van der Waals surface area contributed by atoms with Crippen LogP contribution in [0.25, 0.3) is 0 Å². The van der Waals surface area contributed by atoms with Gasteiger partial charge in [-0.3, -0.25) is 4.79 Å². The zero-order valence-electron chi connectivity index (χ0n) is 11.1. The maximum atomic E-state index is 12.4. The fourth-order valence-electron chi connectivity index (χ4n) is 2.98. The van der Waals surface area contributed by atoms with E-state index in [1.165, 1.54) is 37.2 Å². The van der Waals surface area contributed by atoms with Crippen molar-refractivity contribution in [2.45, 2.75) is 51.0 Å². The summed E-state index contributed by atoms with van der Waals surface area (Å²) in [4.78, 5) is 14.5. The molecule has 0 aliphatic carbocycles. The molecule has 2 aliphatic rings. The average Bonchev–Trinajstić information content (AvgIpc) is 2.64. The number of alkyl halides is 1. The molecule has 2 heterocycles. The Morgan fingerprint density at radius 1 is 1.17 bits per heavy atom. The number of amides is 1. The van der Waals surface area contributed by atoms with Crippen LogP contribution in [0.3, 0.4) is 0 Å². The lowest BCUT2D eigenvalue weighted by Gasteiger charge is -2.31. The number of thioether (sulfide) groups is 1. The summed E-state index contributed by atoms with van der Waals surface area (Å²) in [6, 6.07) is 0.291. The van der Waals surface area contributed by atoms with Crippen LogP contribution < -0.4 is 0 Å². The summed E-state index contributed by atoms with van der Waals surface area (Å²) in [6.07, 6.45) is 7.91. The first-order valence-electron chi connectivity index (χ1n) is 7.24. The minimum absolute atomic E-state index is 0.291. The van der Waals surface area contributed by atoms with Crippen LogP contribution in [0.2, 0.25) is 0 Å².